The zero-order valence-corrected chi connectivity index (χ0v) is 12.6. The van der Waals surface area contributed by atoms with Crippen molar-refractivity contribution in [3.05, 3.63) is 27.7 Å². The monoisotopic (exact) mass is 313 g/mol. The number of carboxylic acids is 1. The number of aliphatic hydroxyl groups is 1. The number of rotatable bonds is 7. The normalized spacial score (nSPS) is 10.9. The molecule has 0 atom stereocenters. The highest BCUT2D eigenvalue weighted by Gasteiger charge is 2.14. The van der Waals surface area contributed by atoms with Crippen molar-refractivity contribution in [2.24, 2.45) is 0 Å². The number of thiophene rings is 1. The van der Waals surface area contributed by atoms with E-state index in [2.05, 4.69) is 23.2 Å². The van der Waals surface area contributed by atoms with Gasteiger partial charge < -0.3 is 10.2 Å². The molecule has 0 saturated heterocycles. The lowest BCUT2D eigenvalue weighted by atomic mass is 10.3. The fourth-order valence-electron chi connectivity index (χ4n) is 1.68. The second kappa shape index (κ2) is 6.87. The van der Waals surface area contributed by atoms with Gasteiger partial charge in [-0.3, -0.25) is 9.36 Å². The van der Waals surface area contributed by atoms with Crippen LogP contribution in [0.25, 0.3) is 0 Å². The van der Waals surface area contributed by atoms with E-state index in [9.17, 15) is 9.90 Å². The smallest absolute Gasteiger partial charge is 0.313 e. The Morgan fingerprint density at radius 2 is 2.15 bits per heavy atom. The fourth-order valence-corrected chi connectivity index (χ4v) is 3.30. The van der Waals surface area contributed by atoms with Gasteiger partial charge in [-0.25, -0.2) is 0 Å². The standard InChI is InChI=1S/C12H15N3O3S2/c1-2-8-3-4-9(20-8)5-15-10(6-16)13-14-12(15)19-7-11(17)18/h3-4,16H,2,5-7H2,1H3,(H,17,18). The average Bonchev–Trinajstić information content (AvgIpc) is 3.03. The first-order valence-corrected chi connectivity index (χ1v) is 7.89. The number of carbonyl (C=O) groups is 1. The van der Waals surface area contributed by atoms with E-state index in [1.165, 1.54) is 4.88 Å². The number of nitrogens with zero attached hydrogens (tertiary/aromatic N) is 3. The average molecular weight is 313 g/mol. The zero-order valence-electron chi connectivity index (χ0n) is 10.9. The van der Waals surface area contributed by atoms with Gasteiger partial charge >= 0.3 is 5.97 Å². The SMILES string of the molecule is CCc1ccc(Cn2c(CO)nnc2SCC(=O)O)s1. The summed E-state index contributed by atoms with van der Waals surface area (Å²) in [5.41, 5.74) is 0. The first-order valence-electron chi connectivity index (χ1n) is 6.09. The molecule has 2 heterocycles. The summed E-state index contributed by atoms with van der Waals surface area (Å²) in [6, 6.07) is 4.11. The first kappa shape index (κ1) is 15.0. The Balaban J connectivity index is 2.19. The summed E-state index contributed by atoms with van der Waals surface area (Å²) in [5.74, 6) is -0.530. The lowest BCUT2D eigenvalue weighted by Gasteiger charge is -2.06. The van der Waals surface area contributed by atoms with Crippen LogP contribution in [0.5, 0.6) is 0 Å². The van der Waals surface area contributed by atoms with Gasteiger partial charge in [0, 0.05) is 9.75 Å². The largest absolute Gasteiger partial charge is 0.481 e. The molecular weight excluding hydrogens is 298 g/mol. The molecule has 108 valence electrons. The van der Waals surface area contributed by atoms with Crippen LogP contribution in [0.3, 0.4) is 0 Å². The molecule has 0 unspecified atom stereocenters. The van der Waals surface area contributed by atoms with E-state index in [1.807, 2.05) is 6.07 Å². The van der Waals surface area contributed by atoms with Gasteiger partial charge in [-0.1, -0.05) is 18.7 Å². The van der Waals surface area contributed by atoms with Gasteiger partial charge in [-0.2, -0.15) is 0 Å². The number of carboxylic acid groups (broad SMARTS) is 1. The summed E-state index contributed by atoms with van der Waals surface area (Å²) in [4.78, 5) is 13.1. The Hall–Kier alpha value is -1.38. The van der Waals surface area contributed by atoms with E-state index in [0.29, 0.717) is 17.5 Å². The third-order valence-electron chi connectivity index (χ3n) is 2.64. The van der Waals surface area contributed by atoms with Crippen molar-refractivity contribution in [2.75, 3.05) is 5.75 Å². The number of thioether (sulfide) groups is 1. The Kier molecular flexibility index (Phi) is 5.16. The van der Waals surface area contributed by atoms with Gasteiger partial charge in [0.2, 0.25) is 0 Å². The summed E-state index contributed by atoms with van der Waals surface area (Å²) >= 11 is 2.81. The molecule has 0 radical (unpaired) electrons. The molecule has 6 nitrogen and oxygen atoms in total. The molecular formula is C12H15N3O3S2. The van der Waals surface area contributed by atoms with Gasteiger partial charge in [0.1, 0.15) is 6.61 Å². The van der Waals surface area contributed by atoms with Crippen molar-refractivity contribution in [1.29, 1.82) is 0 Å². The molecule has 2 aromatic heterocycles. The van der Waals surface area contributed by atoms with Crippen molar-refractivity contribution >= 4 is 29.1 Å². The number of aromatic nitrogens is 3. The van der Waals surface area contributed by atoms with Crippen LogP contribution in [-0.4, -0.2) is 36.7 Å². The van der Waals surface area contributed by atoms with Crippen molar-refractivity contribution in [3.63, 3.8) is 0 Å². The van der Waals surface area contributed by atoms with E-state index in [1.54, 1.807) is 15.9 Å². The van der Waals surface area contributed by atoms with E-state index in [0.717, 1.165) is 23.1 Å². The molecule has 0 spiro atoms. The molecule has 8 heteroatoms. The molecule has 0 aliphatic carbocycles. The van der Waals surface area contributed by atoms with Gasteiger partial charge in [-0.05, 0) is 18.6 Å². The van der Waals surface area contributed by atoms with Gasteiger partial charge in [0.15, 0.2) is 11.0 Å². The predicted octanol–water partition coefficient (Wildman–Crippen LogP) is 1.62. The van der Waals surface area contributed by atoms with Crippen LogP contribution >= 0.6 is 23.1 Å². The number of hydrogen-bond acceptors (Lipinski definition) is 6. The molecule has 2 N–H and O–H groups in total. The molecule has 0 aliphatic heterocycles. The maximum absolute atomic E-state index is 10.6. The molecule has 0 amide bonds. The number of hydrogen-bond donors (Lipinski definition) is 2. The highest BCUT2D eigenvalue weighted by molar-refractivity contribution is 7.99. The number of aryl methyl sites for hydroxylation is 1. The zero-order chi connectivity index (χ0) is 14.5. The number of aliphatic carboxylic acids is 1. The second-order valence-corrected chi connectivity index (χ2v) is 6.24. The van der Waals surface area contributed by atoms with E-state index in [4.69, 9.17) is 5.11 Å². The van der Waals surface area contributed by atoms with E-state index >= 15 is 0 Å². The van der Waals surface area contributed by atoms with Gasteiger partial charge in [-0.15, -0.1) is 21.5 Å². The minimum atomic E-state index is -0.903. The molecule has 2 aromatic rings. The lowest BCUT2D eigenvalue weighted by molar-refractivity contribution is -0.133. The minimum Gasteiger partial charge on any atom is -0.481 e. The molecule has 20 heavy (non-hydrogen) atoms. The highest BCUT2D eigenvalue weighted by Crippen LogP contribution is 2.22. The third kappa shape index (κ3) is 3.59. The van der Waals surface area contributed by atoms with Gasteiger partial charge in [0.25, 0.3) is 0 Å². The molecule has 2 rings (SSSR count). The third-order valence-corrected chi connectivity index (χ3v) is 4.81. The summed E-state index contributed by atoms with van der Waals surface area (Å²) in [7, 11) is 0. The predicted molar refractivity (Wildman–Crippen MR) is 77.1 cm³/mol. The Morgan fingerprint density at radius 1 is 1.40 bits per heavy atom. The van der Waals surface area contributed by atoms with Crippen LogP contribution in [0.2, 0.25) is 0 Å². The van der Waals surface area contributed by atoms with Crippen LogP contribution in [0.4, 0.5) is 0 Å². The quantitative estimate of drug-likeness (QED) is 0.755. The Morgan fingerprint density at radius 3 is 2.75 bits per heavy atom. The van der Waals surface area contributed by atoms with Crippen LogP contribution in [-0.2, 0) is 24.4 Å². The fraction of sp³-hybridized carbons (Fsp3) is 0.417. The van der Waals surface area contributed by atoms with Crippen molar-refractivity contribution in [2.45, 2.75) is 31.7 Å². The van der Waals surface area contributed by atoms with Crippen molar-refractivity contribution in [1.82, 2.24) is 14.8 Å². The van der Waals surface area contributed by atoms with Crippen molar-refractivity contribution < 1.29 is 15.0 Å². The summed E-state index contributed by atoms with van der Waals surface area (Å²) < 4.78 is 1.76. The molecule has 0 bridgehead atoms. The van der Waals surface area contributed by atoms with Crippen molar-refractivity contribution in [3.8, 4) is 0 Å². The van der Waals surface area contributed by atoms with Crippen LogP contribution < -0.4 is 0 Å². The second-order valence-electron chi connectivity index (χ2n) is 4.05. The molecule has 0 aromatic carbocycles. The maximum atomic E-state index is 10.6. The maximum Gasteiger partial charge on any atom is 0.313 e. The lowest BCUT2D eigenvalue weighted by Crippen LogP contribution is -2.07. The van der Waals surface area contributed by atoms with Gasteiger partial charge in [0.05, 0.1) is 12.3 Å². The summed E-state index contributed by atoms with van der Waals surface area (Å²) in [5, 5.41) is 26.4. The molecule has 0 saturated carbocycles. The Labute approximate surface area is 124 Å². The first-order chi connectivity index (χ1) is 9.63. The molecule has 0 aliphatic rings. The summed E-state index contributed by atoms with van der Waals surface area (Å²) in [6.45, 7) is 2.43. The summed E-state index contributed by atoms with van der Waals surface area (Å²) in [6.07, 6.45) is 0.986. The highest BCUT2D eigenvalue weighted by atomic mass is 32.2. The van der Waals surface area contributed by atoms with E-state index in [-0.39, 0.29) is 12.4 Å². The Bertz CT molecular complexity index is 595. The van der Waals surface area contributed by atoms with Crippen LogP contribution in [0, 0.1) is 0 Å². The number of aliphatic hydroxyl groups excluding tert-OH is 1. The molecule has 0 fully saturated rings. The van der Waals surface area contributed by atoms with Crippen LogP contribution in [0.15, 0.2) is 17.3 Å². The van der Waals surface area contributed by atoms with E-state index < -0.39 is 5.97 Å². The topological polar surface area (TPSA) is 88.2 Å². The minimum absolute atomic E-state index is 0.0752. The van der Waals surface area contributed by atoms with Crippen LogP contribution in [0.1, 0.15) is 22.5 Å².